The van der Waals surface area contributed by atoms with E-state index in [1.165, 1.54) is 0 Å². The van der Waals surface area contributed by atoms with Gasteiger partial charge in [0.2, 0.25) is 0 Å². The lowest BCUT2D eigenvalue weighted by Crippen LogP contribution is -2.02. The highest BCUT2D eigenvalue weighted by Gasteiger charge is 2.26. The van der Waals surface area contributed by atoms with E-state index in [9.17, 15) is 0 Å². The van der Waals surface area contributed by atoms with Gasteiger partial charge in [-0.3, -0.25) is 0 Å². The highest BCUT2D eigenvalue weighted by molar-refractivity contribution is 5.50. The highest BCUT2D eigenvalue weighted by Crippen LogP contribution is 2.41. The van der Waals surface area contributed by atoms with Gasteiger partial charge in [-0.05, 0) is 12.5 Å². The Hall–Kier alpha value is -1.22. The van der Waals surface area contributed by atoms with Crippen LogP contribution in [-0.4, -0.2) is 25.4 Å². The van der Waals surface area contributed by atoms with Crippen molar-refractivity contribution < 1.29 is 14.6 Å². The minimum atomic E-state index is 0.199. The molecule has 1 N–H and O–H groups in total. The lowest BCUT2D eigenvalue weighted by Gasteiger charge is -2.07. The van der Waals surface area contributed by atoms with Crippen molar-refractivity contribution in [3.8, 4) is 11.5 Å². The van der Waals surface area contributed by atoms with Gasteiger partial charge >= 0.3 is 0 Å². The number of para-hydroxylation sites is 1. The lowest BCUT2D eigenvalue weighted by molar-refractivity contribution is 0.252. The summed E-state index contributed by atoms with van der Waals surface area (Å²) in [7, 11) is 1.64. The third-order valence-corrected chi connectivity index (χ3v) is 2.58. The van der Waals surface area contributed by atoms with Gasteiger partial charge in [0.15, 0.2) is 11.5 Å². The molecule has 0 bridgehead atoms. The Labute approximate surface area is 83.3 Å². The van der Waals surface area contributed by atoms with E-state index in [1.54, 1.807) is 7.11 Å². The summed E-state index contributed by atoms with van der Waals surface area (Å²) in [5, 5.41) is 8.89. The summed E-state index contributed by atoms with van der Waals surface area (Å²) in [6, 6.07) is 5.88. The molecule has 0 saturated heterocycles. The van der Waals surface area contributed by atoms with Crippen LogP contribution in [0.1, 0.15) is 17.9 Å². The second kappa shape index (κ2) is 3.88. The Kier molecular flexibility index (Phi) is 2.59. The molecule has 1 atom stereocenters. The fourth-order valence-corrected chi connectivity index (χ4v) is 1.84. The third-order valence-electron chi connectivity index (χ3n) is 2.58. The number of aliphatic hydroxyl groups excluding tert-OH is 1. The number of hydrogen-bond donors (Lipinski definition) is 1. The number of methoxy groups -OCH3 is 1. The summed E-state index contributed by atoms with van der Waals surface area (Å²) < 4.78 is 10.7. The molecule has 3 heteroatoms. The summed E-state index contributed by atoms with van der Waals surface area (Å²) >= 11 is 0. The molecule has 0 radical (unpaired) electrons. The van der Waals surface area contributed by atoms with Crippen molar-refractivity contribution in [1.82, 2.24) is 0 Å². The van der Waals surface area contributed by atoms with Crippen molar-refractivity contribution in [2.45, 2.75) is 12.3 Å². The van der Waals surface area contributed by atoms with Gasteiger partial charge in [0.25, 0.3) is 0 Å². The van der Waals surface area contributed by atoms with Gasteiger partial charge in [-0.2, -0.15) is 0 Å². The van der Waals surface area contributed by atoms with Crippen LogP contribution in [0.5, 0.6) is 11.5 Å². The first-order valence-corrected chi connectivity index (χ1v) is 4.77. The highest BCUT2D eigenvalue weighted by atomic mass is 16.5. The molecule has 14 heavy (non-hydrogen) atoms. The van der Waals surface area contributed by atoms with Crippen LogP contribution in [0.3, 0.4) is 0 Å². The Morgan fingerprint density at radius 3 is 3.14 bits per heavy atom. The Balaban J connectivity index is 2.31. The normalized spacial score (nSPS) is 18.9. The zero-order chi connectivity index (χ0) is 9.97. The smallest absolute Gasteiger partial charge is 0.164 e. The predicted molar refractivity (Wildman–Crippen MR) is 52.9 cm³/mol. The summed E-state index contributed by atoms with van der Waals surface area (Å²) in [4.78, 5) is 0. The largest absolute Gasteiger partial charge is 0.493 e. The fourth-order valence-electron chi connectivity index (χ4n) is 1.84. The van der Waals surface area contributed by atoms with Gasteiger partial charge in [-0.25, -0.2) is 0 Å². The van der Waals surface area contributed by atoms with Crippen molar-refractivity contribution in [3.63, 3.8) is 0 Å². The summed E-state index contributed by atoms with van der Waals surface area (Å²) in [6.45, 7) is 0.848. The SMILES string of the molecule is COc1cccc2c1OC[C@H]2CCO. The molecular formula is C11H14O3. The summed E-state index contributed by atoms with van der Waals surface area (Å²) in [5.74, 6) is 1.93. The van der Waals surface area contributed by atoms with Crippen molar-refractivity contribution in [1.29, 1.82) is 0 Å². The molecule has 76 valence electrons. The van der Waals surface area contributed by atoms with Crippen LogP contribution in [-0.2, 0) is 0 Å². The summed E-state index contributed by atoms with van der Waals surface area (Å²) in [5.41, 5.74) is 1.15. The van der Waals surface area contributed by atoms with E-state index in [4.69, 9.17) is 14.6 Å². The molecular weight excluding hydrogens is 180 g/mol. The van der Waals surface area contributed by atoms with Gasteiger partial charge in [-0.1, -0.05) is 12.1 Å². The fraction of sp³-hybridized carbons (Fsp3) is 0.455. The first kappa shape index (κ1) is 9.34. The number of rotatable bonds is 3. The molecule has 1 aliphatic heterocycles. The van der Waals surface area contributed by atoms with Crippen molar-refractivity contribution in [2.24, 2.45) is 0 Å². The lowest BCUT2D eigenvalue weighted by atomic mass is 9.98. The van der Waals surface area contributed by atoms with Crippen molar-refractivity contribution >= 4 is 0 Å². The second-order valence-corrected chi connectivity index (χ2v) is 3.40. The van der Waals surface area contributed by atoms with Crippen LogP contribution in [0.25, 0.3) is 0 Å². The molecule has 3 nitrogen and oxygen atoms in total. The zero-order valence-electron chi connectivity index (χ0n) is 8.19. The second-order valence-electron chi connectivity index (χ2n) is 3.40. The van der Waals surface area contributed by atoms with Gasteiger partial charge in [0.05, 0.1) is 13.7 Å². The molecule has 0 saturated carbocycles. The number of fused-ring (bicyclic) bond motifs is 1. The standard InChI is InChI=1S/C11H14O3/c1-13-10-4-2-3-9-8(5-6-12)7-14-11(9)10/h2-4,8,12H,5-7H2,1H3/t8-/m1/s1. The van der Waals surface area contributed by atoms with Gasteiger partial charge in [0.1, 0.15) is 0 Å². The Bertz CT molecular complexity index is 322. The van der Waals surface area contributed by atoms with Crippen molar-refractivity contribution in [2.75, 3.05) is 20.3 Å². The average molecular weight is 194 g/mol. The predicted octanol–water partition coefficient (Wildman–Crippen LogP) is 1.55. The molecule has 2 rings (SSSR count). The zero-order valence-corrected chi connectivity index (χ0v) is 8.19. The molecule has 0 aromatic heterocycles. The van der Waals surface area contributed by atoms with Gasteiger partial charge in [-0.15, -0.1) is 0 Å². The minimum absolute atomic E-state index is 0.199. The van der Waals surface area contributed by atoms with Crippen LogP contribution >= 0.6 is 0 Å². The van der Waals surface area contributed by atoms with Crippen LogP contribution in [0.15, 0.2) is 18.2 Å². The van der Waals surface area contributed by atoms with Crippen LogP contribution in [0, 0.1) is 0 Å². The first-order chi connectivity index (χ1) is 6.86. The monoisotopic (exact) mass is 194 g/mol. The Morgan fingerprint density at radius 1 is 1.57 bits per heavy atom. The topological polar surface area (TPSA) is 38.7 Å². The van der Waals surface area contributed by atoms with E-state index in [0.29, 0.717) is 12.5 Å². The van der Waals surface area contributed by atoms with E-state index >= 15 is 0 Å². The van der Waals surface area contributed by atoms with E-state index in [-0.39, 0.29) is 6.61 Å². The maximum Gasteiger partial charge on any atom is 0.164 e. The quantitative estimate of drug-likeness (QED) is 0.793. The van der Waals surface area contributed by atoms with Crippen LogP contribution in [0.2, 0.25) is 0 Å². The molecule has 0 spiro atoms. The molecule has 0 amide bonds. The van der Waals surface area contributed by atoms with Crippen LogP contribution in [0.4, 0.5) is 0 Å². The third kappa shape index (κ3) is 1.44. The summed E-state index contributed by atoms with van der Waals surface area (Å²) in [6.07, 6.45) is 0.750. The van der Waals surface area contributed by atoms with E-state index in [2.05, 4.69) is 0 Å². The van der Waals surface area contributed by atoms with Gasteiger partial charge < -0.3 is 14.6 Å². The number of hydrogen-bond acceptors (Lipinski definition) is 3. The molecule has 1 heterocycles. The van der Waals surface area contributed by atoms with E-state index in [0.717, 1.165) is 23.5 Å². The number of aliphatic hydroxyl groups is 1. The molecule has 0 fully saturated rings. The van der Waals surface area contributed by atoms with E-state index < -0.39 is 0 Å². The average Bonchev–Trinajstić information content (AvgIpc) is 2.62. The minimum Gasteiger partial charge on any atom is -0.493 e. The maximum atomic E-state index is 8.89. The molecule has 1 aliphatic rings. The van der Waals surface area contributed by atoms with Crippen LogP contribution < -0.4 is 9.47 Å². The maximum absolute atomic E-state index is 8.89. The molecule has 0 aliphatic carbocycles. The van der Waals surface area contributed by atoms with Gasteiger partial charge in [0, 0.05) is 18.1 Å². The number of benzene rings is 1. The molecule has 1 aromatic carbocycles. The van der Waals surface area contributed by atoms with E-state index in [1.807, 2.05) is 18.2 Å². The van der Waals surface area contributed by atoms with Crippen molar-refractivity contribution in [3.05, 3.63) is 23.8 Å². The molecule has 1 aromatic rings. The number of ether oxygens (including phenoxy) is 2. The Morgan fingerprint density at radius 2 is 2.43 bits per heavy atom. The first-order valence-electron chi connectivity index (χ1n) is 4.77. The molecule has 0 unspecified atom stereocenters.